The molecular formula is C78H82BCl4N14O7P. The molecule has 16 aromatic rings. The van der Waals surface area contributed by atoms with Crippen molar-refractivity contribution in [1.29, 1.82) is 0 Å². The van der Waals surface area contributed by atoms with Crippen LogP contribution in [0.5, 0.6) is 0 Å². The number of hydrogen-bond acceptors (Lipinski definition) is 17. The number of nitrogens with zero attached hydrogens (tertiary/aromatic N) is 10. The van der Waals surface area contributed by atoms with Crippen molar-refractivity contribution >= 4 is 151 Å². The molecule has 4 N–H and O–H groups in total. The van der Waals surface area contributed by atoms with E-state index in [0.717, 1.165) is 184 Å². The topological polar surface area (TPSA) is 284 Å². The number of hydrogen-bond donors (Lipinski definition) is 4. The first kappa shape index (κ1) is 78.0. The number of rotatable bonds is 5. The summed E-state index contributed by atoms with van der Waals surface area (Å²) in [5.41, 5.74) is 21.6. The van der Waals surface area contributed by atoms with Crippen molar-refractivity contribution in [3.63, 3.8) is 0 Å². The fourth-order valence-electron chi connectivity index (χ4n) is 13.4. The molecule has 21 nitrogen and oxygen atoms in total. The largest absolute Gasteiger partial charge is 0.495 e. The van der Waals surface area contributed by atoms with Gasteiger partial charge in [0.15, 0.2) is 0 Å². The standard InChI is InChI=1S/C26H21N5O.C17H15ClN4O.C17H16N4O2.C15H18BNO2.3CH4.Cl3OP/c1-13-11-20-22(12-19(13)23-14(2)31-32-15(23)3)30-26-24(20)25(28-16(4)29-26)18-9-10-27-21-8-6-5-7-17(18)21;1-7-5-12-13(6-11(7)14-8(2)22-23-9(14)3)21-17-15(12)16(18)19-10(4)20-17;1-7-5-12-13(6-11(7)14-8(2)21-23-9(14)3)20-16-15(12)17(22)19-10(4)18-16;1-14(2)15(3,4)19-16(18-14)12-9-10-17-13-8-6-5-7-11(12)13;;;;1-5(2,3)4/h5-12H,1-4H3,(H,28,29,30);5-6H,1-4H3,(H,19,20,21);5-6H,1-4H3,(H2,18,19,20,22);5-10H,1-4H3;3*1H4;. The average molecular weight is 1510 g/mol. The summed E-state index contributed by atoms with van der Waals surface area (Å²) in [4.78, 5) is 56.8. The lowest BCUT2D eigenvalue weighted by atomic mass is 9.77. The van der Waals surface area contributed by atoms with Gasteiger partial charge < -0.3 is 42.8 Å². The van der Waals surface area contributed by atoms with Crippen LogP contribution in [0.2, 0.25) is 5.15 Å². The van der Waals surface area contributed by atoms with Crippen molar-refractivity contribution in [2.45, 2.75) is 144 Å². The molecule has 0 atom stereocenters. The third-order valence-electron chi connectivity index (χ3n) is 18.7. The first-order valence-corrected chi connectivity index (χ1v) is 37.4. The van der Waals surface area contributed by atoms with Gasteiger partial charge in [-0.3, -0.25) is 19.3 Å². The minimum Gasteiger partial charge on any atom is -0.399 e. The fourth-order valence-corrected chi connectivity index (χ4v) is 13.7. The Morgan fingerprint density at radius 2 is 0.838 bits per heavy atom. The zero-order chi connectivity index (χ0) is 72.8. The predicted octanol–water partition coefficient (Wildman–Crippen LogP) is 21.4. The molecule has 11 aromatic heterocycles. The summed E-state index contributed by atoms with van der Waals surface area (Å²) in [6, 6.07) is 32.9. The Morgan fingerprint density at radius 3 is 1.30 bits per heavy atom. The van der Waals surface area contributed by atoms with E-state index in [1.165, 1.54) is 0 Å². The Bertz CT molecular complexity index is 6040. The van der Waals surface area contributed by atoms with Gasteiger partial charge in [0.05, 0.1) is 61.2 Å². The Labute approximate surface area is 626 Å². The predicted molar refractivity (Wildman–Crippen MR) is 429 cm³/mol. The maximum absolute atomic E-state index is 12.3. The summed E-state index contributed by atoms with van der Waals surface area (Å²) < 4.78 is 37.7. The highest BCUT2D eigenvalue weighted by molar-refractivity contribution is 8.24. The second-order valence-electron chi connectivity index (χ2n) is 26.4. The molecule has 17 rings (SSSR count). The molecule has 1 fully saturated rings. The van der Waals surface area contributed by atoms with Crippen LogP contribution in [0.4, 0.5) is 0 Å². The maximum atomic E-state index is 12.3. The van der Waals surface area contributed by atoms with Gasteiger partial charge in [0.25, 0.3) is 5.56 Å². The smallest absolute Gasteiger partial charge is 0.399 e. The van der Waals surface area contributed by atoms with Crippen LogP contribution in [-0.2, 0) is 13.9 Å². The molecule has 27 heteroatoms. The molecule has 1 saturated heterocycles. The number of aromatic amines is 4. The van der Waals surface area contributed by atoms with Crippen LogP contribution in [0.25, 0.3) is 132 Å². The van der Waals surface area contributed by atoms with Crippen molar-refractivity contribution in [2.24, 2.45) is 0 Å². The van der Waals surface area contributed by atoms with Crippen molar-refractivity contribution in [2.75, 3.05) is 0 Å². The van der Waals surface area contributed by atoms with Crippen molar-refractivity contribution in [3.05, 3.63) is 193 Å². The number of H-pyrrole nitrogens is 4. The number of fused-ring (bicyclic) bond motifs is 11. The summed E-state index contributed by atoms with van der Waals surface area (Å²) in [5.74, 6) is 4.39. The number of para-hydroxylation sites is 2. The quantitative estimate of drug-likeness (QED) is 0.0707. The lowest BCUT2D eigenvalue weighted by Gasteiger charge is -2.32. The molecule has 1 aliphatic rings. The Hall–Kier alpha value is -9.64. The molecule has 105 heavy (non-hydrogen) atoms. The van der Waals surface area contributed by atoms with E-state index in [1.54, 1.807) is 6.92 Å². The van der Waals surface area contributed by atoms with E-state index in [2.05, 4.69) is 172 Å². The Balaban J connectivity index is 0.000000148. The van der Waals surface area contributed by atoms with E-state index in [-0.39, 0.29) is 46.2 Å². The first-order valence-electron chi connectivity index (χ1n) is 32.6. The number of aromatic nitrogens is 14. The summed E-state index contributed by atoms with van der Waals surface area (Å²) >= 11 is 20.2. The van der Waals surface area contributed by atoms with Gasteiger partial charge in [0, 0.05) is 72.7 Å². The molecule has 0 saturated carbocycles. The van der Waals surface area contributed by atoms with Crippen LogP contribution in [0.3, 0.4) is 0 Å². The van der Waals surface area contributed by atoms with E-state index >= 15 is 0 Å². The monoisotopic (exact) mass is 1510 g/mol. The van der Waals surface area contributed by atoms with E-state index < -0.39 is 5.20 Å². The number of benzene rings is 5. The van der Waals surface area contributed by atoms with Crippen LogP contribution in [-0.4, -0.2) is 88.6 Å². The number of pyridine rings is 2. The molecular weight excluding hydrogens is 1430 g/mol. The minimum absolute atomic E-state index is 0. The molecule has 0 bridgehead atoms. The summed E-state index contributed by atoms with van der Waals surface area (Å²) in [5, 5.41) is 17.1. The number of nitrogens with one attached hydrogen (secondary N) is 4. The molecule has 12 heterocycles. The van der Waals surface area contributed by atoms with Crippen molar-refractivity contribution in [3.8, 4) is 44.6 Å². The van der Waals surface area contributed by atoms with Gasteiger partial charge in [-0.25, -0.2) is 24.9 Å². The molecule has 542 valence electrons. The van der Waals surface area contributed by atoms with Gasteiger partial charge in [0.2, 0.25) is 0 Å². The first-order chi connectivity index (χ1) is 48.3. The average Bonchev–Trinajstić information content (AvgIpc) is 1.66. The fraction of sp³-hybridized carbons (Fsp3) is 0.269. The van der Waals surface area contributed by atoms with E-state index in [0.29, 0.717) is 27.8 Å². The highest BCUT2D eigenvalue weighted by Gasteiger charge is 2.52. The SMILES string of the molecule is C.C.C.CC1(C)OB(c2ccnc3ccccc23)OC1(C)C.Cc1nc(-c2ccnc3ccccc23)c2c(n1)[nH]c1cc(-c3c(C)noc3C)c(C)cc12.Cc1nc(Cl)c2c(n1)[nH]c1cc(-c3c(C)noc3C)c(C)cc12.Cc1nc2[nH]c3cc(-c4c(C)noc4C)c(C)cc3c2c(=O)[nH]1.O=P(Cl)(Cl)Cl. The number of aryl methyl sites for hydroxylation is 12. The summed E-state index contributed by atoms with van der Waals surface area (Å²) in [6.45, 7) is 31.6. The van der Waals surface area contributed by atoms with Crippen LogP contribution in [0.15, 0.2) is 128 Å². The lowest BCUT2D eigenvalue weighted by Crippen LogP contribution is -2.41. The van der Waals surface area contributed by atoms with Crippen molar-refractivity contribution in [1.82, 2.24) is 70.3 Å². The number of halogens is 4. The second-order valence-corrected chi connectivity index (χ2v) is 33.4. The molecule has 1 aliphatic heterocycles. The molecule has 0 amide bonds. The molecule has 0 radical (unpaired) electrons. The van der Waals surface area contributed by atoms with E-state index in [9.17, 15) is 9.36 Å². The maximum Gasteiger partial charge on any atom is 0.495 e. The van der Waals surface area contributed by atoms with Crippen LogP contribution >= 0.6 is 50.5 Å². The van der Waals surface area contributed by atoms with Crippen LogP contribution in [0, 0.1) is 83.1 Å². The van der Waals surface area contributed by atoms with Gasteiger partial charge in [-0.2, -0.15) is 0 Å². The van der Waals surface area contributed by atoms with E-state index in [4.69, 9.17) is 44.4 Å². The second kappa shape index (κ2) is 30.1. The third-order valence-corrected chi connectivity index (χ3v) is 19.0. The normalized spacial score (nSPS) is 13.0. The zero-order valence-electron chi connectivity index (χ0n) is 58.8. The lowest BCUT2D eigenvalue weighted by molar-refractivity contribution is 0.00578. The summed E-state index contributed by atoms with van der Waals surface area (Å²) in [7, 11) is -0.335. The molecule has 0 aliphatic carbocycles. The minimum atomic E-state index is -3.22. The van der Waals surface area contributed by atoms with Gasteiger partial charge in [0.1, 0.15) is 56.8 Å². The highest BCUT2D eigenvalue weighted by Crippen LogP contribution is 2.61. The Kier molecular flexibility index (Phi) is 22.3. The highest BCUT2D eigenvalue weighted by atomic mass is 36.0. The van der Waals surface area contributed by atoms with Crippen molar-refractivity contribution < 1.29 is 27.4 Å². The van der Waals surface area contributed by atoms with E-state index in [1.807, 2.05) is 135 Å². The molecule has 0 spiro atoms. The van der Waals surface area contributed by atoms with Gasteiger partial charge >= 0.3 is 12.3 Å². The van der Waals surface area contributed by atoms with Crippen LogP contribution < -0.4 is 11.0 Å². The van der Waals surface area contributed by atoms with Gasteiger partial charge in [-0.15, -0.1) is 0 Å². The van der Waals surface area contributed by atoms with Gasteiger partial charge in [-0.05, 0) is 249 Å². The van der Waals surface area contributed by atoms with Crippen LogP contribution in [0.1, 0.15) is 119 Å². The summed E-state index contributed by atoms with van der Waals surface area (Å²) in [6.07, 6.45) is 3.65. The Morgan fingerprint density at radius 1 is 0.448 bits per heavy atom. The molecule has 0 unspecified atom stereocenters. The zero-order valence-corrected chi connectivity index (χ0v) is 62.7. The van der Waals surface area contributed by atoms with Gasteiger partial charge in [-0.1, -0.05) is 85.7 Å². The third kappa shape index (κ3) is 15.2. The molecule has 5 aromatic carbocycles.